The van der Waals surface area contributed by atoms with Gasteiger partial charge in [-0.3, -0.25) is 4.79 Å². The highest BCUT2D eigenvalue weighted by Crippen LogP contribution is 2.22. The Morgan fingerprint density at radius 3 is 2.52 bits per heavy atom. The topological polar surface area (TPSA) is 59.2 Å². The second kappa shape index (κ2) is 12.3. The highest BCUT2D eigenvalue weighted by Gasteiger charge is 2.21. The van der Waals surface area contributed by atoms with E-state index in [-0.39, 0.29) is 30.7 Å². The van der Waals surface area contributed by atoms with Gasteiger partial charge in [0.25, 0.3) is 5.91 Å². The molecule has 0 spiro atoms. The van der Waals surface area contributed by atoms with Crippen molar-refractivity contribution >= 4 is 42.1 Å². The molecule has 0 fully saturated rings. The number of carbonyl (C=O) groups is 1. The van der Waals surface area contributed by atoms with Crippen LogP contribution in [0.4, 0.5) is 0 Å². The molecule has 0 aliphatic carbocycles. The molecule has 1 heterocycles. The minimum absolute atomic E-state index is 0. The standard InChI is InChI=1S/C18H25N3OS.2ClH/c1-3-8-16-20-14(2)17(23-16)18(22)21(12-7-11-19)13-15-9-5-4-6-10-15;;/h4-6,9-10H,3,7-8,11-13,19H2,1-2H3;2*1H. The molecular formula is C18H27Cl2N3OS. The molecule has 0 saturated carbocycles. The van der Waals surface area contributed by atoms with Crippen LogP contribution in [0.1, 0.15) is 45.7 Å². The largest absolute Gasteiger partial charge is 0.334 e. The summed E-state index contributed by atoms with van der Waals surface area (Å²) in [5.41, 5.74) is 7.61. The molecule has 2 N–H and O–H groups in total. The van der Waals surface area contributed by atoms with E-state index in [9.17, 15) is 4.79 Å². The van der Waals surface area contributed by atoms with Gasteiger partial charge < -0.3 is 10.6 Å². The quantitative estimate of drug-likeness (QED) is 0.716. The van der Waals surface area contributed by atoms with E-state index in [0.717, 1.165) is 40.4 Å². The van der Waals surface area contributed by atoms with Crippen molar-refractivity contribution in [2.24, 2.45) is 5.73 Å². The normalized spacial score (nSPS) is 9.88. The van der Waals surface area contributed by atoms with E-state index < -0.39 is 0 Å². The molecule has 1 aromatic heterocycles. The zero-order chi connectivity index (χ0) is 16.7. The third-order valence-corrected chi connectivity index (χ3v) is 4.84. The van der Waals surface area contributed by atoms with Crippen LogP contribution >= 0.6 is 36.2 Å². The van der Waals surface area contributed by atoms with E-state index in [0.29, 0.717) is 19.6 Å². The van der Waals surface area contributed by atoms with Gasteiger partial charge in [0.05, 0.1) is 10.7 Å². The van der Waals surface area contributed by atoms with Gasteiger partial charge in [-0.05, 0) is 38.3 Å². The molecule has 0 saturated heterocycles. The smallest absolute Gasteiger partial charge is 0.266 e. The van der Waals surface area contributed by atoms with E-state index in [2.05, 4.69) is 11.9 Å². The Balaban J connectivity index is 0.00000288. The molecule has 1 aromatic carbocycles. The van der Waals surface area contributed by atoms with Crippen molar-refractivity contribution in [3.05, 3.63) is 51.5 Å². The molecule has 0 bridgehead atoms. The van der Waals surface area contributed by atoms with Gasteiger partial charge in [-0.25, -0.2) is 4.98 Å². The number of rotatable bonds is 8. The number of amides is 1. The van der Waals surface area contributed by atoms with E-state index in [1.165, 1.54) is 11.3 Å². The number of nitrogens with zero attached hydrogens (tertiary/aromatic N) is 2. The summed E-state index contributed by atoms with van der Waals surface area (Å²) in [5, 5.41) is 1.05. The molecule has 7 heteroatoms. The Morgan fingerprint density at radius 1 is 1.24 bits per heavy atom. The summed E-state index contributed by atoms with van der Waals surface area (Å²) in [6, 6.07) is 10.1. The fraction of sp³-hybridized carbons (Fsp3) is 0.444. The molecule has 1 amide bonds. The van der Waals surface area contributed by atoms with Gasteiger partial charge in [0.15, 0.2) is 0 Å². The van der Waals surface area contributed by atoms with Crippen molar-refractivity contribution in [3.63, 3.8) is 0 Å². The Hall–Kier alpha value is -1.14. The van der Waals surface area contributed by atoms with Crippen LogP contribution in [0.3, 0.4) is 0 Å². The lowest BCUT2D eigenvalue weighted by Crippen LogP contribution is -2.32. The van der Waals surface area contributed by atoms with Crippen LogP contribution < -0.4 is 5.73 Å². The minimum Gasteiger partial charge on any atom is -0.334 e. The number of hydrogen-bond donors (Lipinski definition) is 1. The van der Waals surface area contributed by atoms with Gasteiger partial charge in [0, 0.05) is 13.1 Å². The Kier molecular flexibility index (Phi) is 11.7. The maximum Gasteiger partial charge on any atom is 0.266 e. The number of benzene rings is 1. The summed E-state index contributed by atoms with van der Waals surface area (Å²) >= 11 is 1.53. The zero-order valence-electron chi connectivity index (χ0n) is 14.7. The summed E-state index contributed by atoms with van der Waals surface area (Å²) < 4.78 is 0. The van der Waals surface area contributed by atoms with Crippen LogP contribution in [0.15, 0.2) is 30.3 Å². The van der Waals surface area contributed by atoms with Crippen LogP contribution in [0.5, 0.6) is 0 Å². The summed E-state index contributed by atoms with van der Waals surface area (Å²) in [6.45, 7) is 5.92. The van der Waals surface area contributed by atoms with Gasteiger partial charge in [-0.2, -0.15) is 0 Å². The first-order chi connectivity index (χ1) is 11.2. The second-order valence-electron chi connectivity index (χ2n) is 5.63. The molecule has 4 nitrogen and oxygen atoms in total. The number of nitrogens with two attached hydrogens (primary N) is 1. The maximum absolute atomic E-state index is 12.9. The lowest BCUT2D eigenvalue weighted by atomic mass is 10.2. The molecule has 0 atom stereocenters. The summed E-state index contributed by atoms with van der Waals surface area (Å²) in [7, 11) is 0. The molecule has 0 radical (unpaired) electrons. The van der Waals surface area contributed by atoms with Crippen LogP contribution in [-0.4, -0.2) is 28.9 Å². The maximum atomic E-state index is 12.9. The number of hydrogen-bond acceptors (Lipinski definition) is 4. The number of thiazole rings is 1. The minimum atomic E-state index is 0. The zero-order valence-corrected chi connectivity index (χ0v) is 17.2. The predicted octanol–water partition coefficient (Wildman–Crippen LogP) is 4.24. The van der Waals surface area contributed by atoms with E-state index in [4.69, 9.17) is 5.73 Å². The first kappa shape index (κ1) is 23.9. The van der Waals surface area contributed by atoms with Crippen molar-refractivity contribution in [1.82, 2.24) is 9.88 Å². The number of aryl methyl sites for hydroxylation is 2. The third-order valence-electron chi connectivity index (χ3n) is 3.63. The number of carbonyl (C=O) groups excluding carboxylic acids is 1. The molecule has 25 heavy (non-hydrogen) atoms. The molecule has 0 aliphatic rings. The molecule has 140 valence electrons. The van der Waals surface area contributed by atoms with Crippen molar-refractivity contribution in [2.45, 2.75) is 39.7 Å². The lowest BCUT2D eigenvalue weighted by molar-refractivity contribution is 0.0746. The molecule has 2 aromatic rings. The van der Waals surface area contributed by atoms with Gasteiger partial charge in [-0.15, -0.1) is 36.2 Å². The van der Waals surface area contributed by atoms with Gasteiger partial charge >= 0.3 is 0 Å². The SMILES string of the molecule is CCCc1nc(C)c(C(=O)N(CCCN)Cc2ccccc2)s1.Cl.Cl. The van der Waals surface area contributed by atoms with Crippen molar-refractivity contribution in [2.75, 3.05) is 13.1 Å². The van der Waals surface area contributed by atoms with Gasteiger partial charge in [0.1, 0.15) is 4.88 Å². The predicted molar refractivity (Wildman–Crippen MR) is 110 cm³/mol. The molecule has 2 rings (SSSR count). The van der Waals surface area contributed by atoms with Crippen molar-refractivity contribution < 1.29 is 4.79 Å². The average Bonchev–Trinajstić information content (AvgIpc) is 2.92. The molecule has 0 aliphatic heterocycles. The van der Waals surface area contributed by atoms with Crippen LogP contribution in [0.2, 0.25) is 0 Å². The number of halogens is 2. The molecule has 0 unspecified atom stereocenters. The monoisotopic (exact) mass is 403 g/mol. The highest BCUT2D eigenvalue weighted by atomic mass is 35.5. The van der Waals surface area contributed by atoms with E-state index in [1.54, 1.807) is 0 Å². The van der Waals surface area contributed by atoms with Crippen LogP contribution in [0.25, 0.3) is 0 Å². The Labute approximate surface area is 166 Å². The van der Waals surface area contributed by atoms with Crippen LogP contribution in [-0.2, 0) is 13.0 Å². The van der Waals surface area contributed by atoms with Gasteiger partial charge in [0.2, 0.25) is 0 Å². The van der Waals surface area contributed by atoms with Crippen molar-refractivity contribution in [3.8, 4) is 0 Å². The second-order valence-corrected chi connectivity index (χ2v) is 6.71. The third kappa shape index (κ3) is 6.94. The first-order valence-electron chi connectivity index (χ1n) is 8.15. The van der Waals surface area contributed by atoms with Crippen LogP contribution in [0, 0.1) is 6.92 Å². The van der Waals surface area contributed by atoms with Crippen molar-refractivity contribution in [1.29, 1.82) is 0 Å². The Morgan fingerprint density at radius 2 is 1.92 bits per heavy atom. The number of aromatic nitrogens is 1. The Bertz CT molecular complexity index is 635. The van der Waals surface area contributed by atoms with Gasteiger partial charge in [-0.1, -0.05) is 37.3 Å². The summed E-state index contributed by atoms with van der Waals surface area (Å²) in [5.74, 6) is 0.0691. The summed E-state index contributed by atoms with van der Waals surface area (Å²) in [4.78, 5) is 20.1. The van der Waals surface area contributed by atoms with E-state index in [1.807, 2.05) is 42.2 Å². The van der Waals surface area contributed by atoms with E-state index >= 15 is 0 Å². The molecular weight excluding hydrogens is 377 g/mol. The highest BCUT2D eigenvalue weighted by molar-refractivity contribution is 7.13. The first-order valence-corrected chi connectivity index (χ1v) is 8.97. The fourth-order valence-corrected chi connectivity index (χ4v) is 3.59. The average molecular weight is 404 g/mol. The fourth-order valence-electron chi connectivity index (χ4n) is 2.45. The lowest BCUT2D eigenvalue weighted by Gasteiger charge is -2.22. The summed E-state index contributed by atoms with van der Waals surface area (Å²) in [6.07, 6.45) is 2.78.